The fraction of sp³-hybridized carbons (Fsp3) is 1.00. The fourth-order valence-electron chi connectivity index (χ4n) is 4.28. The summed E-state index contributed by atoms with van der Waals surface area (Å²) in [5.41, 5.74) is 0. The maximum Gasteiger partial charge on any atom is 0.0217 e. The van der Waals surface area contributed by atoms with Crippen molar-refractivity contribution in [3.05, 3.63) is 0 Å². The molecule has 0 radical (unpaired) electrons. The first-order valence-electron chi connectivity index (χ1n) is 7.89. The zero-order chi connectivity index (χ0) is 12.5. The highest BCUT2D eigenvalue weighted by Gasteiger charge is 2.38. The summed E-state index contributed by atoms with van der Waals surface area (Å²) in [7, 11) is 4.62. The minimum atomic E-state index is 0.786. The molecule has 3 heteroatoms. The van der Waals surface area contributed by atoms with Gasteiger partial charge in [0, 0.05) is 30.7 Å². The molecule has 18 heavy (non-hydrogen) atoms. The van der Waals surface area contributed by atoms with Crippen LogP contribution >= 0.6 is 0 Å². The smallest absolute Gasteiger partial charge is 0.0217 e. The molecule has 3 aliphatic rings. The minimum absolute atomic E-state index is 0.786. The molecule has 3 heterocycles. The van der Waals surface area contributed by atoms with E-state index in [0.29, 0.717) is 0 Å². The summed E-state index contributed by atoms with van der Waals surface area (Å²) in [6.45, 7) is 2.51. The van der Waals surface area contributed by atoms with Crippen LogP contribution in [0.1, 0.15) is 44.9 Å². The highest BCUT2D eigenvalue weighted by atomic mass is 15.2. The van der Waals surface area contributed by atoms with Crippen LogP contribution in [0.2, 0.25) is 0 Å². The van der Waals surface area contributed by atoms with Crippen molar-refractivity contribution in [1.82, 2.24) is 15.1 Å². The molecule has 1 N–H and O–H groups in total. The van der Waals surface area contributed by atoms with Crippen LogP contribution in [-0.2, 0) is 0 Å². The molecular formula is C15H29N3. The van der Waals surface area contributed by atoms with E-state index in [9.17, 15) is 0 Å². The molecule has 3 nitrogen and oxygen atoms in total. The van der Waals surface area contributed by atoms with Crippen molar-refractivity contribution in [1.29, 1.82) is 0 Å². The Morgan fingerprint density at radius 2 is 1.72 bits per heavy atom. The monoisotopic (exact) mass is 251 g/mol. The standard InChI is InChI=1S/C15H29N3/c1-17-8-4-3-5-15(17)11-16-12-9-13-6-7-14(10-12)18(13)2/h12-16H,3-11H2,1-2H3. The second-order valence-corrected chi connectivity index (χ2v) is 6.76. The Balaban J connectivity index is 1.46. The lowest BCUT2D eigenvalue weighted by atomic mass is 9.97. The fourth-order valence-corrected chi connectivity index (χ4v) is 4.28. The molecule has 3 unspecified atom stereocenters. The first-order valence-corrected chi connectivity index (χ1v) is 7.89. The van der Waals surface area contributed by atoms with Gasteiger partial charge in [-0.1, -0.05) is 6.42 Å². The lowest BCUT2D eigenvalue weighted by Gasteiger charge is -2.39. The number of rotatable bonds is 3. The lowest BCUT2D eigenvalue weighted by molar-refractivity contribution is 0.133. The Labute approximate surface area is 112 Å². The highest BCUT2D eigenvalue weighted by Crippen LogP contribution is 2.34. The van der Waals surface area contributed by atoms with Gasteiger partial charge in [0.2, 0.25) is 0 Å². The van der Waals surface area contributed by atoms with Crippen LogP contribution < -0.4 is 5.32 Å². The molecule has 3 atom stereocenters. The van der Waals surface area contributed by atoms with E-state index < -0.39 is 0 Å². The molecule has 0 aliphatic carbocycles. The van der Waals surface area contributed by atoms with Gasteiger partial charge >= 0.3 is 0 Å². The Morgan fingerprint density at radius 3 is 2.39 bits per heavy atom. The number of nitrogens with one attached hydrogen (secondary N) is 1. The van der Waals surface area contributed by atoms with Gasteiger partial charge in [-0.25, -0.2) is 0 Å². The summed E-state index contributed by atoms with van der Waals surface area (Å²) in [6.07, 6.45) is 9.84. The van der Waals surface area contributed by atoms with Gasteiger partial charge in [0.15, 0.2) is 0 Å². The van der Waals surface area contributed by atoms with Gasteiger partial charge < -0.3 is 15.1 Å². The van der Waals surface area contributed by atoms with Crippen molar-refractivity contribution in [3.63, 3.8) is 0 Å². The van der Waals surface area contributed by atoms with E-state index in [4.69, 9.17) is 0 Å². The molecule has 0 saturated carbocycles. The van der Waals surface area contributed by atoms with Gasteiger partial charge in [-0.15, -0.1) is 0 Å². The SMILES string of the molecule is CN1CCCCC1CNC1CC2CCC(C1)N2C. The molecule has 3 saturated heterocycles. The van der Waals surface area contributed by atoms with Crippen molar-refractivity contribution in [2.75, 3.05) is 27.2 Å². The first-order chi connectivity index (χ1) is 8.74. The van der Waals surface area contributed by atoms with E-state index in [2.05, 4.69) is 29.2 Å². The number of fused-ring (bicyclic) bond motifs is 2. The van der Waals surface area contributed by atoms with Crippen LogP contribution in [0.3, 0.4) is 0 Å². The summed E-state index contributed by atoms with van der Waals surface area (Å²) >= 11 is 0. The third kappa shape index (κ3) is 2.59. The zero-order valence-corrected chi connectivity index (χ0v) is 12.1. The van der Waals surface area contributed by atoms with Crippen molar-refractivity contribution < 1.29 is 0 Å². The quantitative estimate of drug-likeness (QED) is 0.823. The Bertz CT molecular complexity index is 267. The van der Waals surface area contributed by atoms with Gasteiger partial charge in [-0.3, -0.25) is 0 Å². The maximum atomic E-state index is 3.87. The predicted octanol–water partition coefficient (Wildman–Crippen LogP) is 1.69. The van der Waals surface area contributed by atoms with E-state index in [-0.39, 0.29) is 0 Å². The summed E-state index contributed by atoms with van der Waals surface area (Å²) in [5.74, 6) is 0. The van der Waals surface area contributed by atoms with Crippen molar-refractivity contribution in [2.45, 2.75) is 69.1 Å². The minimum Gasteiger partial charge on any atom is -0.312 e. The summed E-state index contributed by atoms with van der Waals surface area (Å²) < 4.78 is 0. The van der Waals surface area contributed by atoms with E-state index in [0.717, 1.165) is 24.2 Å². The average molecular weight is 251 g/mol. The van der Waals surface area contributed by atoms with Gasteiger partial charge in [0.1, 0.15) is 0 Å². The van der Waals surface area contributed by atoms with Crippen LogP contribution in [0.5, 0.6) is 0 Å². The molecule has 0 aromatic rings. The third-order valence-electron chi connectivity index (χ3n) is 5.66. The number of piperidine rings is 2. The van der Waals surface area contributed by atoms with Crippen LogP contribution in [0.4, 0.5) is 0 Å². The summed E-state index contributed by atoms with van der Waals surface area (Å²) in [5, 5.41) is 3.87. The van der Waals surface area contributed by atoms with Gasteiger partial charge in [-0.2, -0.15) is 0 Å². The first kappa shape index (κ1) is 12.9. The molecular weight excluding hydrogens is 222 g/mol. The molecule has 0 aromatic heterocycles. The van der Waals surface area contributed by atoms with Crippen LogP contribution in [0.15, 0.2) is 0 Å². The van der Waals surface area contributed by atoms with Gasteiger partial charge in [-0.05, 0) is 59.2 Å². The van der Waals surface area contributed by atoms with Crippen LogP contribution in [0, 0.1) is 0 Å². The van der Waals surface area contributed by atoms with Crippen LogP contribution in [0.25, 0.3) is 0 Å². The second-order valence-electron chi connectivity index (χ2n) is 6.76. The molecule has 104 valence electrons. The molecule has 0 aromatic carbocycles. The average Bonchev–Trinajstić information content (AvgIpc) is 2.62. The zero-order valence-electron chi connectivity index (χ0n) is 12.1. The van der Waals surface area contributed by atoms with E-state index in [1.807, 2.05) is 0 Å². The molecule has 0 amide bonds. The highest BCUT2D eigenvalue weighted by molar-refractivity contribution is 4.96. The number of nitrogens with zero attached hydrogens (tertiary/aromatic N) is 2. The van der Waals surface area contributed by atoms with Crippen LogP contribution in [-0.4, -0.2) is 61.2 Å². The molecule has 3 aliphatic heterocycles. The number of likely N-dealkylation sites (tertiary alicyclic amines) is 1. The Hall–Kier alpha value is -0.120. The summed E-state index contributed by atoms with van der Waals surface area (Å²) in [6, 6.07) is 3.31. The lowest BCUT2D eigenvalue weighted by Crippen LogP contribution is -2.51. The molecule has 3 rings (SSSR count). The number of likely N-dealkylation sites (N-methyl/N-ethyl adjacent to an activating group) is 1. The molecule has 3 fully saturated rings. The Morgan fingerprint density at radius 1 is 1.00 bits per heavy atom. The Kier molecular flexibility index (Phi) is 3.92. The summed E-state index contributed by atoms with van der Waals surface area (Å²) in [4.78, 5) is 5.19. The number of hydrogen-bond acceptors (Lipinski definition) is 3. The second kappa shape index (κ2) is 5.48. The predicted molar refractivity (Wildman–Crippen MR) is 75.9 cm³/mol. The maximum absolute atomic E-state index is 3.87. The van der Waals surface area contributed by atoms with E-state index >= 15 is 0 Å². The van der Waals surface area contributed by atoms with Crippen molar-refractivity contribution in [2.24, 2.45) is 0 Å². The molecule has 2 bridgehead atoms. The van der Waals surface area contributed by atoms with E-state index in [1.165, 1.54) is 58.0 Å². The number of hydrogen-bond donors (Lipinski definition) is 1. The van der Waals surface area contributed by atoms with Gasteiger partial charge in [0.25, 0.3) is 0 Å². The van der Waals surface area contributed by atoms with Crippen molar-refractivity contribution >= 4 is 0 Å². The van der Waals surface area contributed by atoms with E-state index in [1.54, 1.807) is 0 Å². The van der Waals surface area contributed by atoms with Gasteiger partial charge in [0.05, 0.1) is 0 Å². The normalized spacial score (nSPS) is 42.3. The largest absolute Gasteiger partial charge is 0.312 e. The molecule has 0 spiro atoms. The topological polar surface area (TPSA) is 18.5 Å². The van der Waals surface area contributed by atoms with Crippen molar-refractivity contribution in [3.8, 4) is 0 Å². The third-order valence-corrected chi connectivity index (χ3v) is 5.66.